The highest BCUT2D eigenvalue weighted by Crippen LogP contribution is 2.51. The first-order valence-electron chi connectivity index (χ1n) is 5.12. The molecule has 0 spiro atoms. The number of rotatable bonds is 0. The van der Waals surface area contributed by atoms with Gasteiger partial charge in [0.2, 0.25) is 0 Å². The van der Waals surface area contributed by atoms with E-state index in [9.17, 15) is 5.11 Å². The zero-order chi connectivity index (χ0) is 10.6. The van der Waals surface area contributed by atoms with E-state index in [-0.39, 0.29) is 17.1 Å². The van der Waals surface area contributed by atoms with E-state index in [1.54, 1.807) is 0 Å². The average Bonchev–Trinajstić information content (AvgIpc) is 2.22. The summed E-state index contributed by atoms with van der Waals surface area (Å²) in [6, 6.07) is 0. The minimum atomic E-state index is -0.321. The number of fused-ring (bicyclic) bond motifs is 1. The van der Waals surface area contributed by atoms with Gasteiger partial charge in [0.05, 0.1) is 6.10 Å². The maximum Gasteiger partial charge on any atom is 0.131 e. The fraction of sp³-hybridized carbons (Fsp3) is 0.667. The topological polar surface area (TPSA) is 29.5 Å². The molecule has 2 atom stereocenters. The second-order valence-corrected chi connectivity index (χ2v) is 5.30. The average molecular weight is 194 g/mol. The summed E-state index contributed by atoms with van der Waals surface area (Å²) < 4.78 is 5.71. The summed E-state index contributed by atoms with van der Waals surface area (Å²) in [6.45, 7) is 10.2. The molecule has 1 fully saturated rings. The lowest BCUT2D eigenvalue weighted by Crippen LogP contribution is -2.44. The van der Waals surface area contributed by atoms with E-state index in [0.29, 0.717) is 6.42 Å². The second kappa shape index (κ2) is 2.63. The zero-order valence-electron chi connectivity index (χ0n) is 9.13. The molecule has 78 valence electrons. The van der Waals surface area contributed by atoms with Gasteiger partial charge in [-0.15, -0.1) is 0 Å². The van der Waals surface area contributed by atoms with Crippen molar-refractivity contribution < 1.29 is 9.84 Å². The van der Waals surface area contributed by atoms with Crippen LogP contribution in [0.3, 0.4) is 0 Å². The van der Waals surface area contributed by atoms with Crippen molar-refractivity contribution in [1.29, 1.82) is 0 Å². The molecule has 0 bridgehead atoms. The molecule has 1 N–H and O–H groups in total. The van der Waals surface area contributed by atoms with Gasteiger partial charge >= 0.3 is 0 Å². The van der Waals surface area contributed by atoms with Gasteiger partial charge in [0.25, 0.3) is 0 Å². The Balaban J connectivity index is 2.43. The van der Waals surface area contributed by atoms with Crippen molar-refractivity contribution in [2.24, 2.45) is 5.41 Å². The molecule has 2 aliphatic rings. The van der Waals surface area contributed by atoms with Crippen LogP contribution in [-0.2, 0) is 4.74 Å². The molecule has 1 aliphatic carbocycles. The maximum atomic E-state index is 9.81. The Morgan fingerprint density at radius 3 is 2.71 bits per heavy atom. The highest BCUT2D eigenvalue weighted by molar-refractivity contribution is 5.37. The van der Waals surface area contributed by atoms with Gasteiger partial charge in [0.15, 0.2) is 0 Å². The van der Waals surface area contributed by atoms with Crippen LogP contribution in [0.4, 0.5) is 0 Å². The van der Waals surface area contributed by atoms with Crippen molar-refractivity contribution in [3.63, 3.8) is 0 Å². The minimum absolute atomic E-state index is 0.0197. The molecule has 1 saturated carbocycles. The van der Waals surface area contributed by atoms with Crippen molar-refractivity contribution in [3.8, 4) is 0 Å². The molecule has 2 nitrogen and oxygen atoms in total. The Hall–Kier alpha value is -0.760. The van der Waals surface area contributed by atoms with Crippen LogP contribution in [0.5, 0.6) is 0 Å². The smallest absolute Gasteiger partial charge is 0.131 e. The normalized spacial score (nSPS) is 40.1. The van der Waals surface area contributed by atoms with E-state index < -0.39 is 0 Å². The van der Waals surface area contributed by atoms with E-state index in [4.69, 9.17) is 4.74 Å². The van der Waals surface area contributed by atoms with Gasteiger partial charge < -0.3 is 9.84 Å². The summed E-state index contributed by atoms with van der Waals surface area (Å²) in [5.74, 6) is 0.727. The van der Waals surface area contributed by atoms with Crippen molar-refractivity contribution in [1.82, 2.24) is 0 Å². The van der Waals surface area contributed by atoms with Crippen LogP contribution >= 0.6 is 0 Å². The number of aliphatic hydroxyl groups excluding tert-OH is 1. The largest absolute Gasteiger partial charge is 0.484 e. The molecule has 2 rings (SSSR count). The van der Waals surface area contributed by atoms with E-state index in [1.807, 2.05) is 13.0 Å². The first kappa shape index (κ1) is 9.78. The second-order valence-electron chi connectivity index (χ2n) is 5.30. The van der Waals surface area contributed by atoms with Crippen molar-refractivity contribution >= 4 is 0 Å². The molecule has 0 aromatic heterocycles. The third-order valence-electron chi connectivity index (χ3n) is 3.33. The molecule has 1 heterocycles. The summed E-state index contributed by atoms with van der Waals surface area (Å²) in [6.07, 6.45) is 3.26. The van der Waals surface area contributed by atoms with Crippen LogP contribution < -0.4 is 0 Å². The number of aliphatic hydroxyl groups is 1. The van der Waals surface area contributed by atoms with E-state index >= 15 is 0 Å². The van der Waals surface area contributed by atoms with Crippen LogP contribution in [0, 0.1) is 5.41 Å². The predicted molar refractivity (Wildman–Crippen MR) is 55.7 cm³/mol. The van der Waals surface area contributed by atoms with E-state index in [2.05, 4.69) is 20.4 Å². The predicted octanol–water partition coefficient (Wildman–Crippen LogP) is 2.40. The highest BCUT2D eigenvalue weighted by Gasteiger charge is 2.49. The molecular weight excluding hydrogens is 176 g/mol. The Morgan fingerprint density at radius 2 is 2.07 bits per heavy atom. The van der Waals surface area contributed by atoms with Crippen molar-refractivity contribution in [3.05, 3.63) is 24.0 Å². The Labute approximate surface area is 85.3 Å². The van der Waals surface area contributed by atoms with Gasteiger partial charge in [-0.1, -0.05) is 20.4 Å². The minimum Gasteiger partial charge on any atom is -0.484 e. The van der Waals surface area contributed by atoms with Crippen molar-refractivity contribution in [2.45, 2.75) is 45.3 Å². The van der Waals surface area contributed by atoms with Gasteiger partial charge in [-0.2, -0.15) is 0 Å². The summed E-state index contributed by atoms with van der Waals surface area (Å²) >= 11 is 0. The molecule has 0 aromatic rings. The Morgan fingerprint density at radius 1 is 1.43 bits per heavy atom. The van der Waals surface area contributed by atoms with Crippen LogP contribution in [0.1, 0.15) is 33.6 Å². The quantitative estimate of drug-likeness (QED) is 0.641. The SMILES string of the molecule is C=C1C=C2C(C)(C)C[C@H](O)C[C@@]2(C)O1. The molecule has 1 aliphatic heterocycles. The molecule has 14 heavy (non-hydrogen) atoms. The first-order valence-corrected chi connectivity index (χ1v) is 5.12. The summed E-state index contributed by atoms with van der Waals surface area (Å²) in [5, 5.41) is 9.81. The van der Waals surface area contributed by atoms with Gasteiger partial charge in [-0.05, 0) is 30.4 Å². The number of hydrogen-bond acceptors (Lipinski definition) is 2. The van der Waals surface area contributed by atoms with Gasteiger partial charge in [0.1, 0.15) is 11.4 Å². The number of hydrogen-bond donors (Lipinski definition) is 1. The molecule has 2 heteroatoms. The van der Waals surface area contributed by atoms with Gasteiger partial charge in [-0.3, -0.25) is 0 Å². The summed E-state index contributed by atoms with van der Waals surface area (Å²) in [4.78, 5) is 0. The van der Waals surface area contributed by atoms with Crippen LogP contribution in [0.2, 0.25) is 0 Å². The molecule has 0 unspecified atom stereocenters. The molecule has 0 saturated heterocycles. The third kappa shape index (κ3) is 1.29. The summed E-state index contributed by atoms with van der Waals surface area (Å²) in [7, 11) is 0. The lowest BCUT2D eigenvalue weighted by molar-refractivity contribution is -0.0296. The molecular formula is C12H18O2. The van der Waals surface area contributed by atoms with Crippen LogP contribution in [-0.4, -0.2) is 16.8 Å². The van der Waals surface area contributed by atoms with Crippen molar-refractivity contribution in [2.75, 3.05) is 0 Å². The van der Waals surface area contributed by atoms with Gasteiger partial charge in [0, 0.05) is 6.42 Å². The lowest BCUT2D eigenvalue weighted by atomic mass is 9.65. The number of allylic oxidation sites excluding steroid dienone is 1. The standard InChI is InChI=1S/C12H18O2/c1-8-5-10-11(2,3)6-9(13)7-12(10,4)14-8/h5,9,13H,1,6-7H2,2-4H3/t9-,12+/m0/s1. The monoisotopic (exact) mass is 194 g/mol. The van der Waals surface area contributed by atoms with E-state index in [0.717, 1.165) is 12.2 Å². The van der Waals surface area contributed by atoms with Gasteiger partial charge in [-0.25, -0.2) is 0 Å². The first-order chi connectivity index (χ1) is 6.33. The third-order valence-corrected chi connectivity index (χ3v) is 3.33. The molecule has 0 aromatic carbocycles. The van der Waals surface area contributed by atoms with Crippen LogP contribution in [0.15, 0.2) is 24.0 Å². The van der Waals surface area contributed by atoms with Crippen LogP contribution in [0.25, 0.3) is 0 Å². The Kier molecular flexibility index (Phi) is 1.84. The summed E-state index contributed by atoms with van der Waals surface area (Å²) in [5.41, 5.74) is 0.977. The van der Waals surface area contributed by atoms with E-state index in [1.165, 1.54) is 5.57 Å². The maximum absolute atomic E-state index is 9.81. The molecule has 0 amide bonds. The highest BCUT2D eigenvalue weighted by atomic mass is 16.5. The number of ether oxygens (including phenoxy) is 1. The fourth-order valence-corrected chi connectivity index (χ4v) is 2.97. The molecule has 0 radical (unpaired) electrons. The lowest BCUT2D eigenvalue weighted by Gasteiger charge is -2.44. The zero-order valence-corrected chi connectivity index (χ0v) is 9.13. The Bertz CT molecular complexity index is 314. The fourth-order valence-electron chi connectivity index (χ4n) is 2.97.